The zero-order valence-electron chi connectivity index (χ0n) is 9.17. The summed E-state index contributed by atoms with van der Waals surface area (Å²) in [6.45, 7) is 5.77. The van der Waals surface area contributed by atoms with Crippen molar-refractivity contribution in [3.05, 3.63) is 0 Å². The minimum Gasteiger partial charge on any atom is -0.375 e. The Morgan fingerprint density at radius 3 is 2.57 bits per heavy atom. The predicted molar refractivity (Wildman–Crippen MR) is 58.9 cm³/mol. The molecule has 1 aliphatic carbocycles. The molecule has 0 saturated heterocycles. The number of halogens is 1. The van der Waals surface area contributed by atoms with E-state index in [9.17, 15) is 0 Å². The molecule has 0 N–H and O–H groups in total. The summed E-state index contributed by atoms with van der Waals surface area (Å²) in [7, 11) is 0. The van der Waals surface area contributed by atoms with Gasteiger partial charge in [-0.25, -0.2) is 0 Å². The first kappa shape index (κ1) is 12.3. The van der Waals surface area contributed by atoms with Crippen LogP contribution in [0.2, 0.25) is 0 Å². The van der Waals surface area contributed by atoms with Crippen LogP contribution in [0.25, 0.3) is 0 Å². The fraction of sp³-hybridized carbons (Fsp3) is 1.00. The second-order valence-corrected chi connectivity index (χ2v) is 4.35. The lowest BCUT2D eigenvalue weighted by Crippen LogP contribution is -2.51. The highest BCUT2D eigenvalue weighted by atomic mass is 35.5. The van der Waals surface area contributed by atoms with Gasteiger partial charge in [0.1, 0.15) is 6.10 Å². The molecule has 3 heteroatoms. The van der Waals surface area contributed by atoms with E-state index in [-0.39, 0.29) is 17.6 Å². The Morgan fingerprint density at radius 2 is 2.00 bits per heavy atom. The van der Waals surface area contributed by atoms with Gasteiger partial charge < -0.3 is 9.47 Å². The fourth-order valence-electron chi connectivity index (χ4n) is 1.68. The Kier molecular flexibility index (Phi) is 5.83. The van der Waals surface area contributed by atoms with E-state index in [2.05, 4.69) is 6.92 Å². The minimum atomic E-state index is 0.128. The molecule has 2 nitrogen and oxygen atoms in total. The molecule has 0 bridgehead atoms. The largest absolute Gasteiger partial charge is 0.375 e. The molecule has 0 aromatic rings. The average molecular weight is 221 g/mol. The number of hydrogen-bond acceptors (Lipinski definition) is 2. The van der Waals surface area contributed by atoms with Crippen LogP contribution in [-0.4, -0.2) is 30.8 Å². The van der Waals surface area contributed by atoms with Gasteiger partial charge in [0.2, 0.25) is 0 Å². The molecular formula is C11H21ClO2. The monoisotopic (exact) mass is 220 g/mol. The maximum atomic E-state index is 6.02. The third-order valence-corrected chi connectivity index (χ3v) is 3.05. The number of unbranched alkanes of at least 4 members (excludes halogenated alkanes) is 2. The Hall–Kier alpha value is 0.210. The van der Waals surface area contributed by atoms with Crippen molar-refractivity contribution in [3.8, 4) is 0 Å². The van der Waals surface area contributed by atoms with Gasteiger partial charge in [-0.15, -0.1) is 11.6 Å². The predicted octanol–water partition coefficient (Wildman–Crippen LogP) is 2.98. The fourth-order valence-corrected chi connectivity index (χ4v) is 2.09. The average Bonchev–Trinajstić information content (AvgIpc) is 2.19. The van der Waals surface area contributed by atoms with Gasteiger partial charge in [-0.1, -0.05) is 19.8 Å². The minimum absolute atomic E-state index is 0.128. The third kappa shape index (κ3) is 3.41. The summed E-state index contributed by atoms with van der Waals surface area (Å²) in [6, 6.07) is 0. The van der Waals surface area contributed by atoms with Crippen LogP contribution in [0, 0.1) is 0 Å². The van der Waals surface area contributed by atoms with Crippen LogP contribution < -0.4 is 0 Å². The van der Waals surface area contributed by atoms with Crippen molar-refractivity contribution in [1.29, 1.82) is 0 Å². The lowest BCUT2D eigenvalue weighted by molar-refractivity contribution is -0.122. The molecule has 0 heterocycles. The second kappa shape index (κ2) is 6.65. The Bertz CT molecular complexity index is 152. The summed E-state index contributed by atoms with van der Waals surface area (Å²) >= 11 is 6.02. The van der Waals surface area contributed by atoms with Gasteiger partial charge in [0.25, 0.3) is 0 Å². The van der Waals surface area contributed by atoms with Gasteiger partial charge in [-0.2, -0.15) is 0 Å². The van der Waals surface area contributed by atoms with E-state index >= 15 is 0 Å². The van der Waals surface area contributed by atoms with Crippen molar-refractivity contribution in [1.82, 2.24) is 0 Å². The normalized spacial score (nSPS) is 31.5. The molecule has 1 saturated carbocycles. The first-order valence-electron chi connectivity index (χ1n) is 5.66. The molecule has 0 aromatic heterocycles. The summed E-state index contributed by atoms with van der Waals surface area (Å²) in [5.74, 6) is 0. The molecular weight excluding hydrogens is 200 g/mol. The molecule has 3 unspecified atom stereocenters. The van der Waals surface area contributed by atoms with E-state index in [1.54, 1.807) is 0 Å². The van der Waals surface area contributed by atoms with Crippen LogP contribution in [-0.2, 0) is 9.47 Å². The molecule has 0 aliphatic heterocycles. The smallest absolute Gasteiger partial charge is 0.100 e. The molecule has 0 aromatic carbocycles. The summed E-state index contributed by atoms with van der Waals surface area (Å²) in [5.41, 5.74) is 0. The van der Waals surface area contributed by atoms with Crippen LogP contribution in [0.15, 0.2) is 0 Å². The highest BCUT2D eigenvalue weighted by molar-refractivity contribution is 6.21. The van der Waals surface area contributed by atoms with Crippen molar-refractivity contribution in [2.24, 2.45) is 0 Å². The highest BCUT2D eigenvalue weighted by Crippen LogP contribution is 2.31. The molecule has 84 valence electrons. The first-order chi connectivity index (χ1) is 6.79. The summed E-state index contributed by atoms with van der Waals surface area (Å²) in [4.78, 5) is 0. The van der Waals surface area contributed by atoms with Crippen molar-refractivity contribution in [2.75, 3.05) is 13.2 Å². The van der Waals surface area contributed by atoms with Gasteiger partial charge in [-0.3, -0.25) is 0 Å². The van der Waals surface area contributed by atoms with Gasteiger partial charge in [0, 0.05) is 13.2 Å². The SMILES string of the molecule is CCCCCOC1CC(Cl)C1OCC. The maximum Gasteiger partial charge on any atom is 0.100 e. The van der Waals surface area contributed by atoms with Gasteiger partial charge in [-0.05, 0) is 19.8 Å². The van der Waals surface area contributed by atoms with E-state index in [0.717, 1.165) is 26.1 Å². The zero-order valence-corrected chi connectivity index (χ0v) is 9.93. The number of rotatable bonds is 7. The lowest BCUT2D eigenvalue weighted by Gasteiger charge is -2.40. The van der Waals surface area contributed by atoms with Crippen LogP contribution in [0.1, 0.15) is 39.5 Å². The number of alkyl halides is 1. The van der Waals surface area contributed by atoms with Crippen molar-refractivity contribution in [3.63, 3.8) is 0 Å². The summed E-state index contributed by atoms with van der Waals surface area (Å²) in [5, 5.41) is 0.158. The molecule has 1 aliphatic rings. The zero-order chi connectivity index (χ0) is 10.4. The van der Waals surface area contributed by atoms with Crippen LogP contribution >= 0.6 is 11.6 Å². The number of hydrogen-bond donors (Lipinski definition) is 0. The van der Waals surface area contributed by atoms with E-state index in [4.69, 9.17) is 21.1 Å². The standard InChI is InChI=1S/C11H21ClO2/c1-3-5-6-7-14-10-8-9(12)11(10)13-4-2/h9-11H,3-8H2,1-2H3. The maximum absolute atomic E-state index is 6.02. The van der Waals surface area contributed by atoms with E-state index < -0.39 is 0 Å². The Labute approximate surface area is 91.9 Å². The topological polar surface area (TPSA) is 18.5 Å². The van der Waals surface area contributed by atoms with Gasteiger partial charge >= 0.3 is 0 Å². The van der Waals surface area contributed by atoms with E-state index in [0.29, 0.717) is 0 Å². The van der Waals surface area contributed by atoms with Crippen LogP contribution in [0.4, 0.5) is 0 Å². The molecule has 1 rings (SSSR count). The van der Waals surface area contributed by atoms with E-state index in [1.807, 2.05) is 6.92 Å². The molecule has 0 radical (unpaired) electrons. The van der Waals surface area contributed by atoms with Crippen LogP contribution in [0.5, 0.6) is 0 Å². The van der Waals surface area contributed by atoms with Crippen molar-refractivity contribution < 1.29 is 9.47 Å². The molecule has 3 atom stereocenters. The lowest BCUT2D eigenvalue weighted by atomic mass is 9.91. The highest BCUT2D eigenvalue weighted by Gasteiger charge is 2.41. The first-order valence-corrected chi connectivity index (χ1v) is 6.10. The quantitative estimate of drug-likeness (QED) is 0.485. The summed E-state index contributed by atoms with van der Waals surface area (Å²) in [6.07, 6.45) is 4.95. The van der Waals surface area contributed by atoms with Gasteiger partial charge in [0.15, 0.2) is 0 Å². The van der Waals surface area contributed by atoms with E-state index in [1.165, 1.54) is 12.8 Å². The molecule has 0 amide bonds. The molecule has 1 fully saturated rings. The second-order valence-electron chi connectivity index (χ2n) is 3.79. The number of ether oxygens (including phenoxy) is 2. The molecule has 0 spiro atoms. The molecule has 14 heavy (non-hydrogen) atoms. The van der Waals surface area contributed by atoms with Crippen molar-refractivity contribution in [2.45, 2.75) is 57.1 Å². The van der Waals surface area contributed by atoms with Crippen molar-refractivity contribution >= 4 is 11.6 Å². The third-order valence-electron chi connectivity index (χ3n) is 2.62. The Morgan fingerprint density at radius 1 is 1.21 bits per heavy atom. The summed E-state index contributed by atoms with van der Waals surface area (Å²) < 4.78 is 11.2. The van der Waals surface area contributed by atoms with Gasteiger partial charge in [0.05, 0.1) is 11.5 Å². The van der Waals surface area contributed by atoms with Crippen LogP contribution in [0.3, 0.4) is 0 Å². The Balaban J connectivity index is 2.06.